The minimum Gasteiger partial charge on any atom is -0.465 e. The van der Waals surface area contributed by atoms with Crippen LogP contribution in [0.4, 0.5) is 0 Å². The third-order valence-electron chi connectivity index (χ3n) is 3.97. The summed E-state index contributed by atoms with van der Waals surface area (Å²) in [6, 6.07) is 16.8. The number of benzene rings is 2. The van der Waals surface area contributed by atoms with Crippen molar-refractivity contribution in [1.29, 1.82) is 0 Å². The van der Waals surface area contributed by atoms with Crippen LogP contribution in [0.3, 0.4) is 0 Å². The molecule has 0 aliphatic rings. The van der Waals surface area contributed by atoms with Gasteiger partial charge in [0.05, 0.1) is 18.5 Å². The number of hydrogen-bond acceptors (Lipinski definition) is 4. The first-order valence-corrected chi connectivity index (χ1v) is 8.59. The van der Waals surface area contributed by atoms with Crippen LogP contribution in [0.25, 0.3) is 23.0 Å². The predicted octanol–water partition coefficient (Wildman–Crippen LogP) is 4.34. The van der Waals surface area contributed by atoms with Crippen molar-refractivity contribution in [1.82, 2.24) is 9.78 Å². The lowest BCUT2D eigenvalue weighted by molar-refractivity contribution is -0.137. The highest BCUT2D eigenvalue weighted by Gasteiger charge is 2.18. The number of halogens is 1. The van der Waals surface area contributed by atoms with E-state index in [-0.39, 0.29) is 11.4 Å². The second kappa shape index (κ2) is 8.01. The minimum absolute atomic E-state index is 0.0414. The molecule has 0 amide bonds. The maximum atomic E-state index is 12.0. The topological polar surface area (TPSA) is 61.2 Å². The molecule has 0 aliphatic heterocycles. The second-order valence-corrected chi connectivity index (χ2v) is 6.26. The monoisotopic (exact) mass is 380 g/mol. The maximum absolute atomic E-state index is 12.0. The summed E-state index contributed by atoms with van der Waals surface area (Å²) >= 11 is 5.98. The summed E-state index contributed by atoms with van der Waals surface area (Å²) < 4.78 is 6.43. The lowest BCUT2D eigenvalue weighted by Crippen LogP contribution is -2.11. The van der Waals surface area contributed by atoms with Crippen molar-refractivity contribution in [2.45, 2.75) is 6.92 Å². The standard InChI is InChI=1S/C21H17ClN2O3/c1-14(25)19(21(26)27-2)12-16-13-24(18-6-4-3-5-7-18)23-20(16)15-8-10-17(22)11-9-15/h3-13H,1-2H3. The number of Topliss-reactive ketones (excluding diaryl/α,β-unsaturated/α-hetero) is 1. The molecule has 0 bridgehead atoms. The fraction of sp³-hybridized carbons (Fsp3) is 0.0952. The summed E-state index contributed by atoms with van der Waals surface area (Å²) in [5.41, 5.74) is 2.87. The lowest BCUT2D eigenvalue weighted by atomic mass is 10.0. The van der Waals surface area contributed by atoms with E-state index in [0.29, 0.717) is 16.3 Å². The van der Waals surface area contributed by atoms with Crippen LogP contribution in [-0.2, 0) is 14.3 Å². The average molecular weight is 381 g/mol. The molecule has 3 rings (SSSR count). The maximum Gasteiger partial charge on any atom is 0.341 e. The number of carbonyl (C=O) groups excluding carboxylic acids is 2. The molecule has 0 radical (unpaired) electrons. The summed E-state index contributed by atoms with van der Waals surface area (Å²) in [6.07, 6.45) is 3.27. The summed E-state index contributed by atoms with van der Waals surface area (Å²) in [6.45, 7) is 1.33. The highest BCUT2D eigenvalue weighted by Crippen LogP contribution is 2.27. The van der Waals surface area contributed by atoms with E-state index >= 15 is 0 Å². The first-order chi connectivity index (χ1) is 13.0. The number of nitrogens with zero attached hydrogens (tertiary/aromatic N) is 2. The molecular weight excluding hydrogens is 364 g/mol. The van der Waals surface area contributed by atoms with Gasteiger partial charge in [-0.05, 0) is 37.3 Å². The van der Waals surface area contributed by atoms with Gasteiger partial charge in [0.15, 0.2) is 5.78 Å². The summed E-state index contributed by atoms with van der Waals surface area (Å²) in [5.74, 6) is -1.06. The molecule has 0 unspecified atom stereocenters. The van der Waals surface area contributed by atoms with Crippen molar-refractivity contribution >= 4 is 29.4 Å². The Bertz CT molecular complexity index is 1010. The van der Waals surface area contributed by atoms with Gasteiger partial charge in [0, 0.05) is 22.3 Å². The molecule has 0 saturated carbocycles. The Kier molecular flexibility index (Phi) is 5.52. The molecule has 2 aromatic carbocycles. The fourth-order valence-electron chi connectivity index (χ4n) is 2.61. The number of carbonyl (C=O) groups is 2. The SMILES string of the molecule is COC(=O)C(=Cc1cn(-c2ccccc2)nc1-c1ccc(Cl)cc1)C(C)=O. The van der Waals surface area contributed by atoms with Crippen LogP contribution in [-0.4, -0.2) is 28.6 Å². The molecule has 136 valence electrons. The summed E-state index contributed by atoms with van der Waals surface area (Å²) in [7, 11) is 1.24. The Morgan fingerprint density at radius 3 is 2.33 bits per heavy atom. The van der Waals surface area contributed by atoms with E-state index in [0.717, 1.165) is 11.3 Å². The number of aromatic nitrogens is 2. The van der Waals surface area contributed by atoms with Crippen molar-refractivity contribution in [3.8, 4) is 16.9 Å². The molecule has 27 heavy (non-hydrogen) atoms. The normalized spacial score (nSPS) is 11.3. The van der Waals surface area contributed by atoms with Crippen molar-refractivity contribution < 1.29 is 14.3 Å². The Morgan fingerprint density at radius 1 is 1.07 bits per heavy atom. The number of rotatable bonds is 5. The van der Waals surface area contributed by atoms with E-state index in [1.165, 1.54) is 20.1 Å². The highest BCUT2D eigenvalue weighted by molar-refractivity contribution is 6.30. The summed E-state index contributed by atoms with van der Waals surface area (Å²) in [4.78, 5) is 23.9. The van der Waals surface area contributed by atoms with Gasteiger partial charge in [0.25, 0.3) is 0 Å². The molecule has 0 spiro atoms. The smallest absolute Gasteiger partial charge is 0.341 e. The molecular formula is C21H17ClN2O3. The van der Waals surface area contributed by atoms with Gasteiger partial charge in [-0.2, -0.15) is 5.10 Å². The average Bonchev–Trinajstić information content (AvgIpc) is 3.10. The first-order valence-electron chi connectivity index (χ1n) is 8.21. The van der Waals surface area contributed by atoms with Gasteiger partial charge in [-0.1, -0.05) is 41.9 Å². The molecule has 3 aromatic rings. The number of methoxy groups -OCH3 is 1. The van der Waals surface area contributed by atoms with Gasteiger partial charge in [0.2, 0.25) is 0 Å². The molecule has 5 nitrogen and oxygen atoms in total. The van der Waals surface area contributed by atoms with Gasteiger partial charge in [0.1, 0.15) is 5.57 Å². The van der Waals surface area contributed by atoms with E-state index in [4.69, 9.17) is 16.3 Å². The van der Waals surface area contributed by atoms with Gasteiger partial charge in [-0.25, -0.2) is 9.48 Å². The van der Waals surface area contributed by atoms with Gasteiger partial charge in [-0.3, -0.25) is 4.79 Å². The number of hydrogen-bond donors (Lipinski definition) is 0. The van der Waals surface area contributed by atoms with E-state index in [2.05, 4.69) is 5.10 Å². The number of ketones is 1. The van der Waals surface area contributed by atoms with Gasteiger partial charge < -0.3 is 4.74 Å². The molecule has 0 N–H and O–H groups in total. The van der Waals surface area contributed by atoms with Crippen LogP contribution in [0.1, 0.15) is 12.5 Å². The molecule has 0 aliphatic carbocycles. The quantitative estimate of drug-likeness (QED) is 0.286. The molecule has 0 fully saturated rings. The van der Waals surface area contributed by atoms with E-state index in [9.17, 15) is 9.59 Å². The predicted molar refractivity (Wildman–Crippen MR) is 105 cm³/mol. The van der Waals surface area contributed by atoms with Crippen LogP contribution in [0.5, 0.6) is 0 Å². The Hall–Kier alpha value is -3.18. The Balaban J connectivity index is 2.18. The van der Waals surface area contributed by atoms with Gasteiger partial charge in [-0.15, -0.1) is 0 Å². The first kappa shape index (κ1) is 18.6. The molecule has 1 aromatic heterocycles. The van der Waals surface area contributed by atoms with Crippen LogP contribution in [0.2, 0.25) is 5.02 Å². The largest absolute Gasteiger partial charge is 0.465 e. The van der Waals surface area contributed by atoms with Gasteiger partial charge >= 0.3 is 5.97 Å². The van der Waals surface area contributed by atoms with Crippen molar-refractivity contribution in [3.05, 3.63) is 77.0 Å². The zero-order valence-corrected chi connectivity index (χ0v) is 15.6. The fourth-order valence-corrected chi connectivity index (χ4v) is 2.73. The van der Waals surface area contributed by atoms with E-state index < -0.39 is 5.97 Å². The zero-order valence-electron chi connectivity index (χ0n) is 14.8. The van der Waals surface area contributed by atoms with Crippen LogP contribution >= 0.6 is 11.6 Å². The lowest BCUT2D eigenvalue weighted by Gasteiger charge is -2.02. The Morgan fingerprint density at radius 2 is 1.74 bits per heavy atom. The molecule has 0 saturated heterocycles. The number of esters is 1. The Labute approximate surface area is 161 Å². The van der Waals surface area contributed by atoms with E-state index in [1.807, 2.05) is 42.5 Å². The van der Waals surface area contributed by atoms with Crippen LogP contribution in [0.15, 0.2) is 66.4 Å². The highest BCUT2D eigenvalue weighted by atomic mass is 35.5. The molecule has 0 atom stereocenters. The van der Waals surface area contributed by atoms with Crippen LogP contribution in [0, 0.1) is 0 Å². The minimum atomic E-state index is -0.683. The van der Waals surface area contributed by atoms with Crippen molar-refractivity contribution in [3.63, 3.8) is 0 Å². The molecule has 6 heteroatoms. The van der Waals surface area contributed by atoms with Crippen LogP contribution < -0.4 is 0 Å². The summed E-state index contributed by atoms with van der Waals surface area (Å²) in [5, 5.41) is 5.25. The third-order valence-corrected chi connectivity index (χ3v) is 4.22. The molecule has 1 heterocycles. The van der Waals surface area contributed by atoms with E-state index in [1.54, 1.807) is 23.0 Å². The van der Waals surface area contributed by atoms with Crippen molar-refractivity contribution in [2.75, 3.05) is 7.11 Å². The zero-order chi connectivity index (χ0) is 19.4. The number of ether oxygens (including phenoxy) is 1. The number of para-hydroxylation sites is 1. The third kappa shape index (κ3) is 4.15. The second-order valence-electron chi connectivity index (χ2n) is 5.83. The van der Waals surface area contributed by atoms with Crippen molar-refractivity contribution in [2.24, 2.45) is 0 Å².